The third-order valence-corrected chi connectivity index (χ3v) is 3.31. The number of carbonyl (C=O) groups excluding carboxylic acids is 1. The maximum atomic E-state index is 12.2. The highest BCUT2D eigenvalue weighted by atomic mass is 35.5. The Balaban J connectivity index is 2.04. The Morgan fingerprint density at radius 1 is 1.14 bits per heavy atom. The summed E-state index contributed by atoms with van der Waals surface area (Å²) in [6.45, 7) is 5.68. The van der Waals surface area contributed by atoms with Gasteiger partial charge in [0, 0.05) is 5.69 Å². The zero-order valence-corrected chi connectivity index (χ0v) is 13.1. The fourth-order valence-electron chi connectivity index (χ4n) is 2.08. The van der Waals surface area contributed by atoms with E-state index < -0.39 is 6.10 Å². The van der Waals surface area contributed by atoms with Gasteiger partial charge in [0.05, 0.1) is 5.02 Å². The highest BCUT2D eigenvalue weighted by molar-refractivity contribution is 6.32. The second-order valence-electron chi connectivity index (χ2n) is 5.06. The van der Waals surface area contributed by atoms with Gasteiger partial charge in [0.25, 0.3) is 5.91 Å². The highest BCUT2D eigenvalue weighted by Crippen LogP contribution is 2.24. The molecule has 0 fully saturated rings. The highest BCUT2D eigenvalue weighted by Gasteiger charge is 2.16. The summed E-state index contributed by atoms with van der Waals surface area (Å²) < 4.78 is 5.60. The van der Waals surface area contributed by atoms with Gasteiger partial charge in [0.2, 0.25) is 0 Å². The summed E-state index contributed by atoms with van der Waals surface area (Å²) in [5.41, 5.74) is 2.97. The van der Waals surface area contributed by atoms with Crippen molar-refractivity contribution in [2.45, 2.75) is 26.9 Å². The molecule has 0 saturated carbocycles. The van der Waals surface area contributed by atoms with Crippen LogP contribution in [0.5, 0.6) is 5.75 Å². The lowest BCUT2D eigenvalue weighted by molar-refractivity contribution is -0.122. The molecule has 0 bridgehead atoms. The lowest BCUT2D eigenvalue weighted by atomic mass is 10.1. The van der Waals surface area contributed by atoms with E-state index in [1.807, 2.05) is 38.1 Å². The third-order valence-electron chi connectivity index (χ3n) is 3.00. The predicted molar refractivity (Wildman–Crippen MR) is 86.1 cm³/mol. The number of rotatable bonds is 4. The molecule has 0 aliphatic heterocycles. The monoisotopic (exact) mass is 303 g/mol. The number of benzene rings is 2. The quantitative estimate of drug-likeness (QED) is 0.911. The topological polar surface area (TPSA) is 38.3 Å². The van der Waals surface area contributed by atoms with Crippen LogP contribution >= 0.6 is 11.6 Å². The van der Waals surface area contributed by atoms with E-state index in [1.54, 1.807) is 19.1 Å². The Kier molecular flexibility index (Phi) is 4.86. The zero-order valence-electron chi connectivity index (χ0n) is 12.3. The average Bonchev–Trinajstić information content (AvgIpc) is 2.40. The van der Waals surface area contributed by atoms with Crippen LogP contribution in [0.3, 0.4) is 0 Å². The van der Waals surface area contributed by atoms with E-state index in [-0.39, 0.29) is 5.91 Å². The van der Waals surface area contributed by atoms with Gasteiger partial charge in [-0.1, -0.05) is 29.8 Å². The Labute approximate surface area is 129 Å². The number of para-hydroxylation sites is 1. The van der Waals surface area contributed by atoms with Crippen LogP contribution in [0.1, 0.15) is 18.1 Å². The maximum Gasteiger partial charge on any atom is 0.265 e. The van der Waals surface area contributed by atoms with E-state index >= 15 is 0 Å². The number of hydrogen-bond acceptors (Lipinski definition) is 2. The van der Waals surface area contributed by atoms with Crippen LogP contribution in [0.4, 0.5) is 5.69 Å². The molecular formula is C17H18ClNO2. The van der Waals surface area contributed by atoms with E-state index in [0.717, 1.165) is 16.8 Å². The van der Waals surface area contributed by atoms with Crippen LogP contribution < -0.4 is 10.1 Å². The van der Waals surface area contributed by atoms with Crippen LogP contribution in [0.15, 0.2) is 42.5 Å². The van der Waals surface area contributed by atoms with Crippen LogP contribution in [0.25, 0.3) is 0 Å². The number of nitrogens with one attached hydrogen (secondary N) is 1. The van der Waals surface area contributed by atoms with Crippen molar-refractivity contribution >= 4 is 23.2 Å². The number of amides is 1. The summed E-state index contributed by atoms with van der Waals surface area (Å²) in [4.78, 5) is 12.2. The summed E-state index contributed by atoms with van der Waals surface area (Å²) in [5.74, 6) is 0.294. The van der Waals surface area contributed by atoms with Gasteiger partial charge in [-0.05, 0) is 56.2 Å². The fourth-order valence-corrected chi connectivity index (χ4v) is 2.26. The first-order valence-corrected chi connectivity index (χ1v) is 7.14. The molecule has 0 saturated heterocycles. The molecule has 4 heteroatoms. The molecule has 0 aromatic heterocycles. The molecule has 1 atom stereocenters. The fraction of sp³-hybridized carbons (Fsp3) is 0.235. The lowest BCUT2D eigenvalue weighted by Crippen LogP contribution is -2.30. The first-order valence-electron chi connectivity index (χ1n) is 6.76. The van der Waals surface area contributed by atoms with Gasteiger partial charge < -0.3 is 10.1 Å². The summed E-state index contributed by atoms with van der Waals surface area (Å²) in [7, 11) is 0. The van der Waals surface area contributed by atoms with Crippen molar-refractivity contribution in [2.75, 3.05) is 5.32 Å². The minimum Gasteiger partial charge on any atom is -0.479 e. The molecular weight excluding hydrogens is 286 g/mol. The second kappa shape index (κ2) is 6.64. The average molecular weight is 304 g/mol. The normalized spacial score (nSPS) is 11.8. The van der Waals surface area contributed by atoms with E-state index in [2.05, 4.69) is 11.4 Å². The van der Waals surface area contributed by atoms with Gasteiger partial charge in [-0.15, -0.1) is 0 Å². The Morgan fingerprint density at radius 3 is 2.38 bits per heavy atom. The smallest absolute Gasteiger partial charge is 0.265 e. The van der Waals surface area contributed by atoms with Crippen molar-refractivity contribution in [3.05, 3.63) is 58.6 Å². The van der Waals surface area contributed by atoms with Crippen LogP contribution in [-0.4, -0.2) is 12.0 Å². The molecule has 0 heterocycles. The Hall–Kier alpha value is -2.00. The number of carbonyl (C=O) groups is 1. The number of anilines is 1. The van der Waals surface area contributed by atoms with Crippen molar-refractivity contribution in [1.82, 2.24) is 0 Å². The molecule has 0 spiro atoms. The van der Waals surface area contributed by atoms with Crippen molar-refractivity contribution in [3.63, 3.8) is 0 Å². The van der Waals surface area contributed by atoms with Crippen molar-refractivity contribution in [3.8, 4) is 5.75 Å². The van der Waals surface area contributed by atoms with Gasteiger partial charge in [-0.3, -0.25) is 4.79 Å². The van der Waals surface area contributed by atoms with Crippen molar-refractivity contribution in [2.24, 2.45) is 0 Å². The molecule has 21 heavy (non-hydrogen) atoms. The minimum absolute atomic E-state index is 0.208. The third kappa shape index (κ3) is 4.23. The molecule has 2 aromatic rings. The minimum atomic E-state index is -0.634. The number of hydrogen-bond donors (Lipinski definition) is 1. The number of halogens is 1. The van der Waals surface area contributed by atoms with Crippen LogP contribution in [-0.2, 0) is 4.79 Å². The van der Waals surface area contributed by atoms with Crippen molar-refractivity contribution in [1.29, 1.82) is 0 Å². The zero-order chi connectivity index (χ0) is 15.4. The number of ether oxygens (including phenoxy) is 1. The van der Waals surface area contributed by atoms with E-state index in [0.29, 0.717) is 10.8 Å². The molecule has 0 radical (unpaired) electrons. The Bertz CT molecular complexity index is 635. The molecule has 110 valence electrons. The number of aryl methyl sites for hydroxylation is 2. The predicted octanol–water partition coefficient (Wildman–Crippen LogP) is 4.36. The van der Waals surface area contributed by atoms with Gasteiger partial charge in [-0.2, -0.15) is 0 Å². The molecule has 3 nitrogen and oxygen atoms in total. The molecule has 1 unspecified atom stereocenters. The first kappa shape index (κ1) is 15.4. The summed E-state index contributed by atoms with van der Waals surface area (Å²) in [5, 5.41) is 3.35. The molecule has 2 rings (SSSR count). The van der Waals surface area contributed by atoms with E-state index in [4.69, 9.17) is 16.3 Å². The van der Waals surface area contributed by atoms with Gasteiger partial charge in [-0.25, -0.2) is 0 Å². The van der Waals surface area contributed by atoms with Gasteiger partial charge in [0.1, 0.15) is 5.75 Å². The lowest BCUT2D eigenvalue weighted by Gasteiger charge is -2.16. The van der Waals surface area contributed by atoms with E-state index in [1.165, 1.54) is 0 Å². The molecule has 0 aliphatic rings. The van der Waals surface area contributed by atoms with Crippen molar-refractivity contribution < 1.29 is 9.53 Å². The molecule has 0 aliphatic carbocycles. The molecule has 1 N–H and O–H groups in total. The van der Waals surface area contributed by atoms with Gasteiger partial charge >= 0.3 is 0 Å². The first-order chi connectivity index (χ1) is 9.95. The summed E-state index contributed by atoms with van der Waals surface area (Å²) in [6.07, 6.45) is -0.634. The van der Waals surface area contributed by atoms with Crippen LogP contribution in [0, 0.1) is 13.8 Å². The van der Waals surface area contributed by atoms with Gasteiger partial charge in [0.15, 0.2) is 6.10 Å². The van der Waals surface area contributed by atoms with Crippen LogP contribution in [0.2, 0.25) is 5.02 Å². The maximum absolute atomic E-state index is 12.2. The summed E-state index contributed by atoms with van der Waals surface area (Å²) >= 11 is 6.02. The second-order valence-corrected chi connectivity index (χ2v) is 5.46. The Morgan fingerprint density at radius 2 is 1.76 bits per heavy atom. The SMILES string of the molecule is Cc1cc(C)cc(NC(=O)C(C)Oc2ccccc2Cl)c1. The standard InChI is InChI=1S/C17H18ClNO2/c1-11-8-12(2)10-14(9-11)19-17(20)13(3)21-16-7-5-4-6-15(16)18/h4-10,13H,1-3H3,(H,19,20). The summed E-state index contributed by atoms with van der Waals surface area (Å²) in [6, 6.07) is 13.0. The largest absolute Gasteiger partial charge is 0.479 e. The molecule has 1 amide bonds. The van der Waals surface area contributed by atoms with E-state index in [9.17, 15) is 4.79 Å². The molecule has 2 aromatic carbocycles.